The Morgan fingerprint density at radius 1 is 1.46 bits per heavy atom. The molecule has 2 unspecified atom stereocenters. The number of nitrogens with zero attached hydrogens (tertiary/aromatic N) is 1. The summed E-state index contributed by atoms with van der Waals surface area (Å²) < 4.78 is 0. The van der Waals surface area contributed by atoms with Crippen LogP contribution >= 0.6 is 0 Å². The van der Waals surface area contributed by atoms with Crippen LogP contribution in [0.5, 0.6) is 0 Å². The van der Waals surface area contributed by atoms with Crippen molar-refractivity contribution in [1.29, 1.82) is 0 Å². The van der Waals surface area contributed by atoms with Crippen LogP contribution in [0.4, 0.5) is 4.79 Å². The summed E-state index contributed by atoms with van der Waals surface area (Å²) in [4.78, 5) is 13.5. The summed E-state index contributed by atoms with van der Waals surface area (Å²) in [5.41, 5.74) is 0. The molecule has 1 heterocycles. The second-order valence-corrected chi connectivity index (χ2v) is 3.69. The van der Waals surface area contributed by atoms with E-state index in [0.717, 1.165) is 12.8 Å². The molecule has 0 aromatic heterocycles. The van der Waals surface area contributed by atoms with E-state index in [-0.39, 0.29) is 6.03 Å². The van der Waals surface area contributed by atoms with Crippen molar-refractivity contribution >= 4 is 6.03 Å². The fourth-order valence-electron chi connectivity index (χ4n) is 1.98. The molecule has 3 heteroatoms. The lowest BCUT2D eigenvalue weighted by Gasteiger charge is -2.38. The highest BCUT2D eigenvalue weighted by Crippen LogP contribution is 2.22. The molecule has 1 aliphatic rings. The third kappa shape index (κ3) is 2.23. The van der Waals surface area contributed by atoms with Crippen molar-refractivity contribution in [3.05, 3.63) is 12.8 Å². The summed E-state index contributed by atoms with van der Waals surface area (Å²) in [5, 5.41) is 2.63. The molecule has 1 rings (SSSR count). The van der Waals surface area contributed by atoms with Crippen LogP contribution < -0.4 is 5.32 Å². The number of carbonyl (C=O) groups is 1. The van der Waals surface area contributed by atoms with Gasteiger partial charge < -0.3 is 10.2 Å². The van der Waals surface area contributed by atoms with Crippen molar-refractivity contribution in [3.63, 3.8) is 0 Å². The zero-order valence-electron chi connectivity index (χ0n) is 8.42. The van der Waals surface area contributed by atoms with E-state index in [2.05, 4.69) is 25.7 Å². The molecular formula is C10H18N2O. The number of piperidine rings is 1. The summed E-state index contributed by atoms with van der Waals surface area (Å²) in [6, 6.07) is 0.682. The third-order valence-electron chi connectivity index (χ3n) is 2.65. The maximum Gasteiger partial charge on any atom is 0.321 e. The lowest BCUT2D eigenvalue weighted by atomic mass is 9.98. The number of amides is 2. The van der Waals surface area contributed by atoms with Gasteiger partial charge in [-0.05, 0) is 39.3 Å². The number of carbonyl (C=O) groups excluding carboxylic acids is 1. The number of urea groups is 1. The van der Waals surface area contributed by atoms with Crippen LogP contribution in [0.25, 0.3) is 0 Å². The van der Waals surface area contributed by atoms with Crippen LogP contribution in [0, 0.1) is 0 Å². The summed E-state index contributed by atoms with van der Waals surface area (Å²) in [5.74, 6) is 0. The van der Waals surface area contributed by atoms with Crippen LogP contribution in [0.3, 0.4) is 0 Å². The Morgan fingerprint density at radius 3 is 2.46 bits per heavy atom. The van der Waals surface area contributed by atoms with E-state index in [1.807, 2.05) is 4.90 Å². The zero-order chi connectivity index (χ0) is 9.84. The lowest BCUT2D eigenvalue weighted by Crippen LogP contribution is -2.50. The van der Waals surface area contributed by atoms with E-state index < -0.39 is 0 Å². The molecule has 2 amide bonds. The molecule has 0 radical (unpaired) electrons. The van der Waals surface area contributed by atoms with Gasteiger partial charge in [-0.2, -0.15) is 0 Å². The normalized spacial score (nSPS) is 28.3. The van der Waals surface area contributed by atoms with E-state index in [1.165, 1.54) is 12.6 Å². The quantitative estimate of drug-likeness (QED) is 0.661. The molecule has 13 heavy (non-hydrogen) atoms. The van der Waals surface area contributed by atoms with Crippen LogP contribution in [0.15, 0.2) is 12.8 Å². The lowest BCUT2D eigenvalue weighted by molar-refractivity contribution is 0.126. The summed E-state index contributed by atoms with van der Waals surface area (Å²) >= 11 is 0. The van der Waals surface area contributed by atoms with Gasteiger partial charge in [-0.15, -0.1) is 0 Å². The maximum absolute atomic E-state index is 11.6. The predicted octanol–water partition coefficient (Wildman–Crippen LogP) is 2.10. The molecule has 1 aliphatic heterocycles. The van der Waals surface area contributed by atoms with Crippen LogP contribution in [0.1, 0.15) is 33.1 Å². The van der Waals surface area contributed by atoms with Crippen molar-refractivity contribution in [3.8, 4) is 0 Å². The Hall–Kier alpha value is -0.990. The van der Waals surface area contributed by atoms with Crippen LogP contribution in [0.2, 0.25) is 0 Å². The Bertz CT molecular complexity index is 193. The molecule has 0 bridgehead atoms. The minimum atomic E-state index is -0.0188. The molecule has 0 aromatic rings. The van der Waals surface area contributed by atoms with Gasteiger partial charge in [0.1, 0.15) is 0 Å². The third-order valence-corrected chi connectivity index (χ3v) is 2.65. The first-order chi connectivity index (χ1) is 6.16. The van der Waals surface area contributed by atoms with Crippen molar-refractivity contribution in [2.75, 3.05) is 0 Å². The number of rotatable bonds is 1. The second-order valence-electron chi connectivity index (χ2n) is 3.69. The molecule has 74 valence electrons. The van der Waals surface area contributed by atoms with Gasteiger partial charge in [-0.1, -0.05) is 6.58 Å². The van der Waals surface area contributed by atoms with E-state index in [0.29, 0.717) is 12.1 Å². The van der Waals surface area contributed by atoms with Gasteiger partial charge in [-0.25, -0.2) is 4.79 Å². The van der Waals surface area contributed by atoms with Gasteiger partial charge in [0.05, 0.1) is 0 Å². The largest absolute Gasteiger partial charge is 0.321 e. The highest BCUT2D eigenvalue weighted by atomic mass is 16.2. The number of hydrogen-bond acceptors (Lipinski definition) is 1. The Kier molecular flexibility index (Phi) is 3.34. The first kappa shape index (κ1) is 10.1. The van der Waals surface area contributed by atoms with Gasteiger partial charge in [0.25, 0.3) is 0 Å². The first-order valence-electron chi connectivity index (χ1n) is 4.86. The standard InChI is InChI=1S/C10H18N2O/c1-4-11-10(13)12-8(2)6-5-7-9(12)3/h4,8-9H,1,5-7H2,2-3H3,(H,11,13). The van der Waals surface area contributed by atoms with Gasteiger partial charge in [0, 0.05) is 12.1 Å². The average molecular weight is 182 g/mol. The fraction of sp³-hybridized carbons (Fsp3) is 0.700. The van der Waals surface area contributed by atoms with Gasteiger partial charge >= 0.3 is 6.03 Å². The topological polar surface area (TPSA) is 32.3 Å². The first-order valence-corrected chi connectivity index (χ1v) is 4.86. The second kappa shape index (κ2) is 4.30. The van der Waals surface area contributed by atoms with Crippen LogP contribution in [-0.4, -0.2) is 23.0 Å². The van der Waals surface area contributed by atoms with Gasteiger partial charge in [-0.3, -0.25) is 0 Å². The van der Waals surface area contributed by atoms with Crippen molar-refractivity contribution < 1.29 is 4.79 Å². The Balaban J connectivity index is 2.62. The molecule has 2 atom stereocenters. The van der Waals surface area contributed by atoms with Gasteiger partial charge in [0.15, 0.2) is 0 Å². The number of nitrogens with one attached hydrogen (secondary N) is 1. The summed E-state index contributed by atoms with van der Waals surface area (Å²) in [6.07, 6.45) is 4.88. The zero-order valence-corrected chi connectivity index (χ0v) is 8.42. The monoisotopic (exact) mass is 182 g/mol. The number of hydrogen-bond donors (Lipinski definition) is 1. The summed E-state index contributed by atoms with van der Waals surface area (Å²) in [7, 11) is 0. The predicted molar refractivity (Wildman–Crippen MR) is 53.3 cm³/mol. The van der Waals surface area contributed by atoms with Crippen molar-refractivity contribution in [2.24, 2.45) is 0 Å². The Labute approximate surface area is 79.8 Å². The Morgan fingerprint density at radius 2 is 2.00 bits per heavy atom. The SMILES string of the molecule is C=CNC(=O)N1C(C)CCCC1C. The fourth-order valence-corrected chi connectivity index (χ4v) is 1.98. The highest BCUT2D eigenvalue weighted by molar-refractivity contribution is 5.75. The molecular weight excluding hydrogens is 164 g/mol. The van der Waals surface area contributed by atoms with Crippen molar-refractivity contribution in [1.82, 2.24) is 10.2 Å². The molecule has 3 nitrogen and oxygen atoms in total. The maximum atomic E-state index is 11.6. The smallest absolute Gasteiger partial charge is 0.319 e. The number of likely N-dealkylation sites (tertiary alicyclic amines) is 1. The van der Waals surface area contributed by atoms with E-state index >= 15 is 0 Å². The minimum absolute atomic E-state index is 0.0188. The van der Waals surface area contributed by atoms with E-state index in [9.17, 15) is 4.79 Å². The summed E-state index contributed by atoms with van der Waals surface area (Å²) in [6.45, 7) is 7.68. The minimum Gasteiger partial charge on any atom is -0.319 e. The van der Waals surface area contributed by atoms with Crippen molar-refractivity contribution in [2.45, 2.75) is 45.2 Å². The average Bonchev–Trinajstić information content (AvgIpc) is 2.04. The van der Waals surface area contributed by atoms with E-state index in [4.69, 9.17) is 0 Å². The van der Waals surface area contributed by atoms with Crippen LogP contribution in [-0.2, 0) is 0 Å². The molecule has 0 saturated carbocycles. The molecule has 0 aliphatic carbocycles. The highest BCUT2D eigenvalue weighted by Gasteiger charge is 2.28. The molecule has 0 aromatic carbocycles. The molecule has 1 saturated heterocycles. The van der Waals surface area contributed by atoms with E-state index in [1.54, 1.807) is 0 Å². The molecule has 0 spiro atoms. The van der Waals surface area contributed by atoms with Gasteiger partial charge in [0.2, 0.25) is 0 Å². The molecule has 1 N–H and O–H groups in total. The molecule has 1 fully saturated rings.